The SMILES string of the molecule is Cc1ccc(Cn2nnc3cc(C(=O)N(C)Cc4ccccc4)ccc32)cc1. The molecule has 0 radical (unpaired) electrons. The van der Waals surface area contributed by atoms with Crippen LogP contribution in [0.15, 0.2) is 72.8 Å². The van der Waals surface area contributed by atoms with Crippen LogP contribution in [-0.2, 0) is 13.1 Å². The molecule has 28 heavy (non-hydrogen) atoms. The Morgan fingerprint density at radius 3 is 2.46 bits per heavy atom. The number of amides is 1. The third-order valence-corrected chi connectivity index (χ3v) is 4.82. The molecule has 0 atom stereocenters. The fourth-order valence-electron chi connectivity index (χ4n) is 3.24. The van der Waals surface area contributed by atoms with E-state index < -0.39 is 0 Å². The first kappa shape index (κ1) is 17.9. The van der Waals surface area contributed by atoms with E-state index in [-0.39, 0.29) is 5.91 Å². The van der Waals surface area contributed by atoms with Crippen LogP contribution in [-0.4, -0.2) is 32.8 Å². The number of nitrogens with zero attached hydrogens (tertiary/aromatic N) is 4. The fourth-order valence-corrected chi connectivity index (χ4v) is 3.24. The van der Waals surface area contributed by atoms with E-state index in [9.17, 15) is 4.79 Å². The summed E-state index contributed by atoms with van der Waals surface area (Å²) in [4.78, 5) is 14.5. The molecule has 0 aliphatic carbocycles. The van der Waals surface area contributed by atoms with E-state index in [0.29, 0.717) is 18.7 Å². The number of carbonyl (C=O) groups excluding carboxylic acids is 1. The lowest BCUT2D eigenvalue weighted by molar-refractivity contribution is 0.0785. The van der Waals surface area contributed by atoms with E-state index in [0.717, 1.165) is 16.6 Å². The summed E-state index contributed by atoms with van der Waals surface area (Å²) in [6.07, 6.45) is 0. The zero-order valence-electron chi connectivity index (χ0n) is 16.0. The third-order valence-electron chi connectivity index (χ3n) is 4.82. The molecule has 4 rings (SSSR count). The van der Waals surface area contributed by atoms with E-state index in [2.05, 4.69) is 41.5 Å². The average Bonchev–Trinajstić information content (AvgIpc) is 3.12. The normalized spacial score (nSPS) is 10.9. The predicted molar refractivity (Wildman–Crippen MR) is 110 cm³/mol. The van der Waals surface area contributed by atoms with Gasteiger partial charge in [-0.3, -0.25) is 4.79 Å². The molecule has 0 unspecified atom stereocenters. The van der Waals surface area contributed by atoms with Gasteiger partial charge in [0.05, 0.1) is 12.1 Å². The van der Waals surface area contributed by atoms with Crippen molar-refractivity contribution >= 4 is 16.9 Å². The average molecular weight is 370 g/mol. The van der Waals surface area contributed by atoms with E-state index in [4.69, 9.17) is 0 Å². The highest BCUT2D eigenvalue weighted by Crippen LogP contribution is 2.17. The van der Waals surface area contributed by atoms with Gasteiger partial charge in [0.2, 0.25) is 0 Å². The first-order valence-corrected chi connectivity index (χ1v) is 9.28. The molecule has 1 amide bonds. The summed E-state index contributed by atoms with van der Waals surface area (Å²) in [5, 5.41) is 8.53. The molecule has 0 aliphatic heterocycles. The van der Waals surface area contributed by atoms with E-state index in [1.807, 2.05) is 60.3 Å². The molecule has 0 spiro atoms. The van der Waals surface area contributed by atoms with Gasteiger partial charge in [-0.25, -0.2) is 4.68 Å². The monoisotopic (exact) mass is 370 g/mol. The molecule has 5 heteroatoms. The molecule has 5 nitrogen and oxygen atoms in total. The molecule has 0 aliphatic rings. The Labute approximate surface area is 164 Å². The van der Waals surface area contributed by atoms with Crippen LogP contribution in [0.1, 0.15) is 27.0 Å². The van der Waals surface area contributed by atoms with Crippen LogP contribution in [0.2, 0.25) is 0 Å². The first-order valence-electron chi connectivity index (χ1n) is 9.28. The summed E-state index contributed by atoms with van der Waals surface area (Å²) >= 11 is 0. The zero-order chi connectivity index (χ0) is 19.5. The molecular formula is C23H22N4O. The number of hydrogen-bond acceptors (Lipinski definition) is 3. The van der Waals surface area contributed by atoms with Gasteiger partial charge >= 0.3 is 0 Å². The Bertz CT molecular complexity index is 1100. The zero-order valence-corrected chi connectivity index (χ0v) is 16.0. The van der Waals surface area contributed by atoms with Gasteiger partial charge in [-0.1, -0.05) is 65.4 Å². The van der Waals surface area contributed by atoms with E-state index in [1.54, 1.807) is 4.90 Å². The van der Waals surface area contributed by atoms with Crippen molar-refractivity contribution in [2.75, 3.05) is 7.05 Å². The first-order chi connectivity index (χ1) is 13.6. The minimum absolute atomic E-state index is 0.0289. The molecule has 4 aromatic rings. The van der Waals surface area contributed by atoms with Crippen LogP contribution in [0.4, 0.5) is 0 Å². The van der Waals surface area contributed by atoms with Gasteiger partial charge in [0, 0.05) is 19.2 Å². The van der Waals surface area contributed by atoms with Gasteiger partial charge in [-0.2, -0.15) is 0 Å². The standard InChI is InChI=1S/C23H22N4O/c1-17-8-10-19(11-9-17)16-27-22-13-12-20(14-21(22)24-25-27)23(28)26(2)15-18-6-4-3-5-7-18/h3-14H,15-16H2,1-2H3. The molecule has 0 saturated carbocycles. The smallest absolute Gasteiger partial charge is 0.253 e. The topological polar surface area (TPSA) is 51.0 Å². The van der Waals surface area contributed by atoms with Crippen LogP contribution in [0.25, 0.3) is 11.0 Å². The fraction of sp³-hybridized carbons (Fsp3) is 0.174. The Morgan fingerprint density at radius 1 is 0.964 bits per heavy atom. The molecule has 0 fully saturated rings. The Morgan fingerprint density at radius 2 is 1.71 bits per heavy atom. The molecule has 0 saturated heterocycles. The number of rotatable bonds is 5. The quantitative estimate of drug-likeness (QED) is 0.532. The summed E-state index contributed by atoms with van der Waals surface area (Å²) in [5.74, 6) is -0.0289. The van der Waals surface area contributed by atoms with Crippen LogP contribution >= 0.6 is 0 Å². The highest BCUT2D eigenvalue weighted by Gasteiger charge is 2.14. The molecule has 1 aromatic heterocycles. The van der Waals surface area contributed by atoms with Gasteiger partial charge in [-0.05, 0) is 36.2 Å². The largest absolute Gasteiger partial charge is 0.337 e. The van der Waals surface area contributed by atoms with Crippen molar-refractivity contribution in [3.8, 4) is 0 Å². The van der Waals surface area contributed by atoms with Crippen LogP contribution in [0, 0.1) is 6.92 Å². The van der Waals surface area contributed by atoms with Crippen LogP contribution in [0.5, 0.6) is 0 Å². The Hall–Kier alpha value is -3.47. The Balaban J connectivity index is 1.53. The predicted octanol–water partition coefficient (Wildman–Crippen LogP) is 4.06. The van der Waals surface area contributed by atoms with Gasteiger partial charge in [0.1, 0.15) is 5.52 Å². The highest BCUT2D eigenvalue weighted by molar-refractivity contribution is 5.97. The summed E-state index contributed by atoms with van der Waals surface area (Å²) < 4.78 is 1.86. The lowest BCUT2D eigenvalue weighted by atomic mass is 10.1. The lowest BCUT2D eigenvalue weighted by Gasteiger charge is -2.17. The lowest BCUT2D eigenvalue weighted by Crippen LogP contribution is -2.26. The molecule has 3 aromatic carbocycles. The van der Waals surface area contributed by atoms with Crippen molar-refractivity contribution in [1.82, 2.24) is 19.9 Å². The number of aromatic nitrogens is 3. The minimum Gasteiger partial charge on any atom is -0.337 e. The number of carbonyl (C=O) groups is 1. The van der Waals surface area contributed by atoms with E-state index >= 15 is 0 Å². The summed E-state index contributed by atoms with van der Waals surface area (Å²) in [7, 11) is 1.81. The number of aryl methyl sites for hydroxylation is 1. The summed E-state index contributed by atoms with van der Waals surface area (Å²) in [6.45, 7) is 3.29. The van der Waals surface area contributed by atoms with Gasteiger partial charge in [-0.15, -0.1) is 5.10 Å². The Kier molecular flexibility index (Phi) is 4.89. The maximum atomic E-state index is 12.8. The third kappa shape index (κ3) is 3.78. The van der Waals surface area contributed by atoms with Gasteiger partial charge in [0.25, 0.3) is 5.91 Å². The molecule has 0 N–H and O–H groups in total. The van der Waals surface area contributed by atoms with E-state index in [1.165, 1.54) is 11.1 Å². The van der Waals surface area contributed by atoms with Crippen LogP contribution < -0.4 is 0 Å². The molecular weight excluding hydrogens is 348 g/mol. The minimum atomic E-state index is -0.0289. The second kappa shape index (κ2) is 7.64. The van der Waals surface area contributed by atoms with Crippen molar-refractivity contribution < 1.29 is 4.79 Å². The summed E-state index contributed by atoms with van der Waals surface area (Å²) in [5.41, 5.74) is 5.76. The maximum absolute atomic E-state index is 12.8. The number of fused-ring (bicyclic) bond motifs is 1. The summed E-state index contributed by atoms with van der Waals surface area (Å²) in [6, 6.07) is 23.9. The van der Waals surface area contributed by atoms with Crippen molar-refractivity contribution in [2.24, 2.45) is 0 Å². The maximum Gasteiger partial charge on any atom is 0.253 e. The van der Waals surface area contributed by atoms with Gasteiger partial charge < -0.3 is 4.90 Å². The number of hydrogen-bond donors (Lipinski definition) is 0. The van der Waals surface area contributed by atoms with Crippen molar-refractivity contribution in [3.05, 3.63) is 95.1 Å². The second-order valence-corrected chi connectivity index (χ2v) is 7.08. The molecule has 140 valence electrons. The van der Waals surface area contributed by atoms with Gasteiger partial charge in [0.15, 0.2) is 0 Å². The van der Waals surface area contributed by atoms with Crippen molar-refractivity contribution in [2.45, 2.75) is 20.0 Å². The molecule has 1 heterocycles. The molecule has 0 bridgehead atoms. The number of benzene rings is 3. The van der Waals surface area contributed by atoms with Crippen LogP contribution in [0.3, 0.4) is 0 Å². The van der Waals surface area contributed by atoms with Crippen molar-refractivity contribution in [1.29, 1.82) is 0 Å². The second-order valence-electron chi connectivity index (χ2n) is 7.08. The highest BCUT2D eigenvalue weighted by atomic mass is 16.2. The van der Waals surface area contributed by atoms with Crippen molar-refractivity contribution in [3.63, 3.8) is 0 Å².